The van der Waals surface area contributed by atoms with E-state index in [1.165, 1.54) is 7.11 Å². The number of methoxy groups -OCH3 is 1. The second-order valence-corrected chi connectivity index (χ2v) is 3.43. The second kappa shape index (κ2) is 3.59. The number of benzene rings is 1. The van der Waals surface area contributed by atoms with Crippen molar-refractivity contribution in [1.29, 1.82) is 0 Å². The van der Waals surface area contributed by atoms with Gasteiger partial charge in [-0.1, -0.05) is 29.8 Å². The molecule has 0 spiro atoms. The Bertz CT molecular complexity index is 364. The summed E-state index contributed by atoms with van der Waals surface area (Å²) in [7, 11) is 1.34. The van der Waals surface area contributed by atoms with E-state index in [2.05, 4.69) is 4.74 Å². The molecule has 14 heavy (non-hydrogen) atoms. The van der Waals surface area contributed by atoms with Gasteiger partial charge in [-0.05, 0) is 6.07 Å². The van der Waals surface area contributed by atoms with E-state index >= 15 is 0 Å². The van der Waals surface area contributed by atoms with Gasteiger partial charge in [0.1, 0.15) is 6.10 Å². The Morgan fingerprint density at radius 1 is 1.50 bits per heavy atom. The molecule has 1 aliphatic heterocycles. The lowest BCUT2D eigenvalue weighted by Crippen LogP contribution is -2.09. The van der Waals surface area contributed by atoms with Crippen molar-refractivity contribution < 1.29 is 14.3 Å². The van der Waals surface area contributed by atoms with Crippen molar-refractivity contribution in [1.82, 2.24) is 0 Å². The average molecular weight is 213 g/mol. The molecule has 0 amide bonds. The first-order valence-electron chi connectivity index (χ1n) is 4.21. The summed E-state index contributed by atoms with van der Waals surface area (Å²) >= 11 is 5.94. The summed E-state index contributed by atoms with van der Waals surface area (Å²) < 4.78 is 9.74. The van der Waals surface area contributed by atoms with E-state index in [9.17, 15) is 4.79 Å². The van der Waals surface area contributed by atoms with Crippen molar-refractivity contribution in [3.63, 3.8) is 0 Å². The molecule has 1 aromatic rings. The van der Waals surface area contributed by atoms with E-state index in [0.29, 0.717) is 5.02 Å². The van der Waals surface area contributed by atoms with Crippen LogP contribution in [0.5, 0.6) is 0 Å². The minimum absolute atomic E-state index is 0.240. The molecule has 3 nitrogen and oxygen atoms in total. The maximum absolute atomic E-state index is 11.1. The third-order valence-corrected chi connectivity index (χ3v) is 2.48. The Kier molecular flexibility index (Phi) is 2.44. The predicted octanol–water partition coefficient (Wildman–Crippen LogP) is 1.95. The van der Waals surface area contributed by atoms with Gasteiger partial charge >= 0.3 is 5.97 Å². The van der Waals surface area contributed by atoms with Gasteiger partial charge in [-0.3, -0.25) is 0 Å². The maximum atomic E-state index is 11.1. The van der Waals surface area contributed by atoms with Gasteiger partial charge in [0.25, 0.3) is 0 Å². The van der Waals surface area contributed by atoms with Crippen molar-refractivity contribution in [2.45, 2.75) is 12.2 Å². The van der Waals surface area contributed by atoms with Crippen LogP contribution in [0.25, 0.3) is 0 Å². The number of carbonyl (C=O) groups is 1. The molecule has 4 heteroatoms. The van der Waals surface area contributed by atoms with Crippen molar-refractivity contribution in [2.24, 2.45) is 0 Å². The van der Waals surface area contributed by atoms with Crippen LogP contribution in [0.3, 0.4) is 0 Å². The fourth-order valence-electron chi connectivity index (χ4n) is 1.35. The number of hydrogen-bond donors (Lipinski definition) is 0. The van der Waals surface area contributed by atoms with Crippen LogP contribution in [0, 0.1) is 0 Å². The van der Waals surface area contributed by atoms with E-state index in [1.54, 1.807) is 6.07 Å². The largest absolute Gasteiger partial charge is 0.467 e. The number of esters is 1. The molecule has 1 saturated heterocycles. The summed E-state index contributed by atoms with van der Waals surface area (Å²) in [6, 6.07) is 7.31. The molecule has 1 aliphatic rings. The predicted molar refractivity (Wildman–Crippen MR) is 51.1 cm³/mol. The van der Waals surface area contributed by atoms with Crippen LogP contribution >= 0.6 is 11.6 Å². The van der Waals surface area contributed by atoms with E-state index in [1.807, 2.05) is 18.2 Å². The first-order valence-corrected chi connectivity index (χ1v) is 4.59. The SMILES string of the molecule is COC(=O)C1OC1c1ccccc1Cl. The molecule has 2 atom stereocenters. The zero-order valence-electron chi connectivity index (χ0n) is 7.57. The smallest absolute Gasteiger partial charge is 0.338 e. The Morgan fingerprint density at radius 2 is 2.21 bits per heavy atom. The Hall–Kier alpha value is -1.06. The summed E-state index contributed by atoms with van der Waals surface area (Å²) in [4.78, 5) is 11.1. The molecule has 0 aromatic heterocycles. The summed E-state index contributed by atoms with van der Waals surface area (Å²) in [5.41, 5.74) is 0.838. The highest BCUT2D eigenvalue weighted by atomic mass is 35.5. The first kappa shape index (κ1) is 9.49. The molecule has 2 unspecified atom stereocenters. The Morgan fingerprint density at radius 3 is 2.86 bits per heavy atom. The summed E-state index contributed by atoms with van der Waals surface area (Å²) in [5.74, 6) is -0.352. The highest BCUT2D eigenvalue weighted by Crippen LogP contribution is 2.42. The molecule has 1 heterocycles. The summed E-state index contributed by atoms with van der Waals surface area (Å²) in [5, 5.41) is 0.615. The monoisotopic (exact) mass is 212 g/mol. The zero-order valence-corrected chi connectivity index (χ0v) is 8.32. The lowest BCUT2D eigenvalue weighted by molar-refractivity contribution is -0.142. The third kappa shape index (κ3) is 1.61. The van der Waals surface area contributed by atoms with Gasteiger partial charge in [0.05, 0.1) is 7.11 Å². The van der Waals surface area contributed by atoms with Crippen molar-refractivity contribution in [2.75, 3.05) is 7.11 Å². The zero-order chi connectivity index (χ0) is 10.1. The quantitative estimate of drug-likeness (QED) is 0.556. The van der Waals surface area contributed by atoms with Crippen molar-refractivity contribution in [3.8, 4) is 0 Å². The lowest BCUT2D eigenvalue weighted by atomic mass is 10.1. The molecule has 0 aliphatic carbocycles. The van der Waals surface area contributed by atoms with E-state index in [0.717, 1.165) is 5.56 Å². The topological polar surface area (TPSA) is 38.8 Å². The maximum Gasteiger partial charge on any atom is 0.338 e. The molecule has 0 radical (unpaired) electrons. The summed E-state index contributed by atoms with van der Waals surface area (Å²) in [6.07, 6.45) is -0.726. The summed E-state index contributed by atoms with van der Waals surface area (Å²) in [6.45, 7) is 0. The number of rotatable bonds is 2. The number of hydrogen-bond acceptors (Lipinski definition) is 3. The average Bonchev–Trinajstić information content (AvgIpc) is 2.97. The van der Waals surface area contributed by atoms with Crippen molar-refractivity contribution in [3.05, 3.63) is 34.9 Å². The van der Waals surface area contributed by atoms with Gasteiger partial charge in [-0.2, -0.15) is 0 Å². The highest BCUT2D eigenvalue weighted by molar-refractivity contribution is 6.31. The van der Waals surface area contributed by atoms with E-state index in [4.69, 9.17) is 16.3 Å². The molecular weight excluding hydrogens is 204 g/mol. The highest BCUT2D eigenvalue weighted by Gasteiger charge is 2.47. The first-order chi connectivity index (χ1) is 6.74. The van der Waals surface area contributed by atoms with Crippen LogP contribution in [-0.4, -0.2) is 19.2 Å². The fraction of sp³-hybridized carbons (Fsp3) is 0.300. The van der Waals surface area contributed by atoms with Gasteiger partial charge in [-0.25, -0.2) is 4.79 Å². The van der Waals surface area contributed by atoms with Crippen LogP contribution in [0.4, 0.5) is 0 Å². The lowest BCUT2D eigenvalue weighted by Gasteiger charge is -1.98. The molecule has 0 N–H and O–H groups in total. The van der Waals surface area contributed by atoms with Crippen LogP contribution < -0.4 is 0 Å². The van der Waals surface area contributed by atoms with Gasteiger partial charge in [-0.15, -0.1) is 0 Å². The van der Waals surface area contributed by atoms with Gasteiger partial charge in [0.2, 0.25) is 0 Å². The van der Waals surface area contributed by atoms with Gasteiger partial charge in [0, 0.05) is 10.6 Å². The Balaban J connectivity index is 2.13. The van der Waals surface area contributed by atoms with Gasteiger partial charge in [0.15, 0.2) is 6.10 Å². The third-order valence-electron chi connectivity index (χ3n) is 2.14. The second-order valence-electron chi connectivity index (χ2n) is 3.02. The molecular formula is C10H9ClO3. The number of ether oxygens (including phenoxy) is 2. The fourth-order valence-corrected chi connectivity index (χ4v) is 1.59. The minimum Gasteiger partial charge on any atom is -0.467 e. The number of halogens is 1. The number of epoxide rings is 1. The minimum atomic E-state index is -0.486. The van der Waals surface area contributed by atoms with E-state index in [-0.39, 0.29) is 12.1 Å². The Labute approximate surface area is 86.6 Å². The molecule has 0 bridgehead atoms. The molecule has 1 fully saturated rings. The van der Waals surface area contributed by atoms with Gasteiger partial charge < -0.3 is 9.47 Å². The van der Waals surface area contributed by atoms with Crippen LogP contribution in [0.2, 0.25) is 5.02 Å². The molecule has 1 aromatic carbocycles. The molecule has 2 rings (SSSR count). The van der Waals surface area contributed by atoms with Crippen molar-refractivity contribution >= 4 is 17.6 Å². The molecule has 0 saturated carbocycles. The van der Waals surface area contributed by atoms with Crippen LogP contribution in [-0.2, 0) is 14.3 Å². The van der Waals surface area contributed by atoms with Crippen LogP contribution in [0.15, 0.2) is 24.3 Å². The number of carbonyl (C=O) groups excluding carboxylic acids is 1. The molecule has 74 valence electrons. The van der Waals surface area contributed by atoms with E-state index < -0.39 is 6.10 Å². The standard InChI is InChI=1S/C10H9ClO3/c1-13-10(12)9-8(14-9)6-4-2-3-5-7(6)11/h2-5,8-9H,1H3. The van der Waals surface area contributed by atoms with Crippen LogP contribution in [0.1, 0.15) is 11.7 Å². The normalized spacial score (nSPS) is 24.4.